The Balaban J connectivity index is 1.90. The number of hydrogen-bond donors (Lipinski definition) is 2. The molecule has 0 aliphatic heterocycles. The minimum Gasteiger partial charge on any atom is -0.354 e. The second-order valence-electron chi connectivity index (χ2n) is 5.09. The van der Waals surface area contributed by atoms with Crippen molar-refractivity contribution in [2.24, 2.45) is 0 Å². The summed E-state index contributed by atoms with van der Waals surface area (Å²) in [7, 11) is 0. The smallest absolute Gasteiger partial charge is 0.226 e. The number of nitrogens with zero attached hydrogens (tertiary/aromatic N) is 1. The van der Waals surface area contributed by atoms with Crippen LogP contribution in [-0.2, 0) is 11.2 Å². The van der Waals surface area contributed by atoms with Crippen LogP contribution < -0.4 is 10.6 Å². The van der Waals surface area contributed by atoms with Gasteiger partial charge in [-0.15, -0.1) is 11.3 Å². The zero-order chi connectivity index (χ0) is 15.9. The predicted octanol–water partition coefficient (Wildman–Crippen LogP) is 3.23. The number of carbonyl (C=O) groups excluding carboxylic acids is 1. The summed E-state index contributed by atoms with van der Waals surface area (Å²) in [5, 5.41) is 9.08. The molecule has 118 valence electrons. The lowest BCUT2D eigenvalue weighted by molar-refractivity contribution is -0.120. The number of aromatic nitrogens is 1. The van der Waals surface area contributed by atoms with Gasteiger partial charge in [0.2, 0.25) is 5.91 Å². The highest BCUT2D eigenvalue weighted by Gasteiger charge is 2.10. The number of likely N-dealkylation sites (N-methyl/N-ethyl adjacent to an activating group) is 1. The first-order valence-electron chi connectivity index (χ1n) is 7.29. The maximum Gasteiger partial charge on any atom is 0.226 e. The van der Waals surface area contributed by atoms with Crippen LogP contribution >= 0.6 is 27.3 Å². The fourth-order valence-corrected chi connectivity index (χ4v) is 3.27. The molecule has 0 saturated heterocycles. The van der Waals surface area contributed by atoms with Crippen molar-refractivity contribution in [1.82, 2.24) is 15.6 Å². The normalized spacial score (nSPS) is 12.1. The summed E-state index contributed by atoms with van der Waals surface area (Å²) in [6.07, 6.45) is 0.323. The molecule has 1 aromatic heterocycles. The lowest BCUT2D eigenvalue weighted by Crippen LogP contribution is -2.39. The van der Waals surface area contributed by atoms with E-state index in [9.17, 15) is 4.79 Å². The Morgan fingerprint density at radius 1 is 1.45 bits per heavy atom. The first-order valence-corrected chi connectivity index (χ1v) is 8.96. The molecule has 0 spiro atoms. The van der Waals surface area contributed by atoms with Crippen LogP contribution in [0.5, 0.6) is 0 Å². The third-order valence-electron chi connectivity index (χ3n) is 3.12. The SMILES string of the molecule is CCN[C@H](C)CNC(=O)Cc1csc(-c2cccc(Br)c2)n1. The zero-order valence-corrected chi connectivity index (χ0v) is 15.1. The molecule has 0 aliphatic rings. The van der Waals surface area contributed by atoms with Crippen molar-refractivity contribution in [3.8, 4) is 10.6 Å². The summed E-state index contributed by atoms with van der Waals surface area (Å²) in [5.41, 5.74) is 1.88. The number of rotatable bonds is 7. The third kappa shape index (κ3) is 5.19. The molecule has 1 atom stereocenters. The summed E-state index contributed by atoms with van der Waals surface area (Å²) in [6.45, 7) is 5.64. The van der Waals surface area contributed by atoms with Crippen molar-refractivity contribution >= 4 is 33.2 Å². The maximum atomic E-state index is 11.9. The average molecular weight is 382 g/mol. The van der Waals surface area contributed by atoms with E-state index in [0.717, 1.165) is 27.3 Å². The molecule has 2 aromatic rings. The van der Waals surface area contributed by atoms with Crippen molar-refractivity contribution in [1.29, 1.82) is 0 Å². The van der Waals surface area contributed by atoms with Crippen LogP contribution in [0, 0.1) is 0 Å². The maximum absolute atomic E-state index is 11.9. The highest BCUT2D eigenvalue weighted by molar-refractivity contribution is 9.10. The Morgan fingerprint density at radius 3 is 3.00 bits per heavy atom. The van der Waals surface area contributed by atoms with Gasteiger partial charge >= 0.3 is 0 Å². The molecule has 1 aromatic carbocycles. The van der Waals surface area contributed by atoms with Crippen LogP contribution in [0.15, 0.2) is 34.1 Å². The molecule has 4 nitrogen and oxygen atoms in total. The molecule has 1 heterocycles. The summed E-state index contributed by atoms with van der Waals surface area (Å²) in [4.78, 5) is 16.5. The number of hydrogen-bond acceptors (Lipinski definition) is 4. The van der Waals surface area contributed by atoms with Crippen LogP contribution in [0.25, 0.3) is 10.6 Å². The standard InChI is InChI=1S/C16H20BrN3OS/c1-3-18-11(2)9-19-15(21)8-14-10-22-16(20-14)12-5-4-6-13(17)7-12/h4-7,10-11,18H,3,8-9H2,1-2H3,(H,19,21)/t11-/m1/s1. The molecular formula is C16H20BrN3OS. The second-order valence-corrected chi connectivity index (χ2v) is 6.87. The third-order valence-corrected chi connectivity index (χ3v) is 4.56. The molecule has 2 rings (SSSR count). The minimum absolute atomic E-state index is 0.0100. The van der Waals surface area contributed by atoms with Crippen LogP contribution in [0.3, 0.4) is 0 Å². The number of amides is 1. The van der Waals surface area contributed by atoms with Crippen LogP contribution in [-0.4, -0.2) is 30.0 Å². The summed E-state index contributed by atoms with van der Waals surface area (Å²) < 4.78 is 1.02. The largest absolute Gasteiger partial charge is 0.354 e. The van der Waals surface area contributed by atoms with Crippen LogP contribution in [0.1, 0.15) is 19.5 Å². The van der Waals surface area contributed by atoms with E-state index in [1.54, 1.807) is 11.3 Å². The van der Waals surface area contributed by atoms with E-state index in [-0.39, 0.29) is 11.9 Å². The fourth-order valence-electron chi connectivity index (χ4n) is 2.06. The van der Waals surface area contributed by atoms with Crippen molar-refractivity contribution in [2.75, 3.05) is 13.1 Å². The van der Waals surface area contributed by atoms with Gasteiger partial charge < -0.3 is 10.6 Å². The second kappa shape index (κ2) is 8.41. The van der Waals surface area contributed by atoms with Gasteiger partial charge in [0.1, 0.15) is 5.01 Å². The molecule has 0 radical (unpaired) electrons. The van der Waals surface area contributed by atoms with Gasteiger partial charge in [0, 0.05) is 28.0 Å². The van der Waals surface area contributed by atoms with Crippen LogP contribution in [0.2, 0.25) is 0 Å². The van der Waals surface area contributed by atoms with Crippen molar-refractivity contribution in [3.63, 3.8) is 0 Å². The first-order chi connectivity index (χ1) is 10.6. The zero-order valence-electron chi connectivity index (χ0n) is 12.7. The molecule has 22 heavy (non-hydrogen) atoms. The molecule has 0 saturated carbocycles. The predicted molar refractivity (Wildman–Crippen MR) is 95.1 cm³/mol. The number of carbonyl (C=O) groups is 1. The molecule has 6 heteroatoms. The Hall–Kier alpha value is -1.24. The van der Waals surface area contributed by atoms with Gasteiger partial charge in [-0.2, -0.15) is 0 Å². The number of benzene rings is 1. The van der Waals surface area contributed by atoms with E-state index in [4.69, 9.17) is 0 Å². The van der Waals surface area contributed by atoms with Gasteiger partial charge in [-0.1, -0.05) is 35.0 Å². The van der Waals surface area contributed by atoms with Gasteiger partial charge in [-0.25, -0.2) is 4.98 Å². The number of halogens is 1. The molecule has 1 amide bonds. The van der Waals surface area contributed by atoms with Crippen LogP contribution in [0.4, 0.5) is 0 Å². The van der Waals surface area contributed by atoms with Gasteiger partial charge in [0.25, 0.3) is 0 Å². The van der Waals surface area contributed by atoms with Gasteiger partial charge in [-0.3, -0.25) is 4.79 Å². The molecule has 0 unspecified atom stereocenters. The number of thiazole rings is 1. The van der Waals surface area contributed by atoms with E-state index in [2.05, 4.69) is 45.4 Å². The van der Waals surface area contributed by atoms with Crippen molar-refractivity contribution in [3.05, 3.63) is 39.8 Å². The van der Waals surface area contributed by atoms with Crippen molar-refractivity contribution < 1.29 is 4.79 Å². The lowest BCUT2D eigenvalue weighted by Gasteiger charge is -2.12. The van der Waals surface area contributed by atoms with E-state index in [1.807, 2.05) is 29.6 Å². The minimum atomic E-state index is 0.0100. The molecule has 0 aliphatic carbocycles. The Kier molecular flexibility index (Phi) is 6.54. The van der Waals surface area contributed by atoms with Crippen molar-refractivity contribution in [2.45, 2.75) is 26.3 Å². The average Bonchev–Trinajstić information content (AvgIpc) is 2.94. The van der Waals surface area contributed by atoms with Gasteiger partial charge in [0.15, 0.2) is 0 Å². The van der Waals surface area contributed by atoms with E-state index in [1.165, 1.54) is 0 Å². The van der Waals surface area contributed by atoms with E-state index in [0.29, 0.717) is 13.0 Å². The monoisotopic (exact) mass is 381 g/mol. The molecule has 0 bridgehead atoms. The lowest BCUT2D eigenvalue weighted by atomic mass is 10.2. The van der Waals surface area contributed by atoms with Gasteiger partial charge in [0.05, 0.1) is 12.1 Å². The van der Waals surface area contributed by atoms with E-state index < -0.39 is 0 Å². The Labute approximate surface area is 143 Å². The fraction of sp³-hybridized carbons (Fsp3) is 0.375. The van der Waals surface area contributed by atoms with E-state index >= 15 is 0 Å². The topological polar surface area (TPSA) is 54.0 Å². The molecule has 2 N–H and O–H groups in total. The Morgan fingerprint density at radius 2 is 2.27 bits per heavy atom. The highest BCUT2D eigenvalue weighted by atomic mass is 79.9. The first kappa shape index (κ1) is 17.1. The quantitative estimate of drug-likeness (QED) is 0.773. The summed E-state index contributed by atoms with van der Waals surface area (Å²) in [6, 6.07) is 8.29. The number of nitrogens with one attached hydrogen (secondary N) is 2. The summed E-state index contributed by atoms with van der Waals surface area (Å²) >= 11 is 5.02. The summed E-state index contributed by atoms with van der Waals surface area (Å²) in [5.74, 6) is 0.0100. The highest BCUT2D eigenvalue weighted by Crippen LogP contribution is 2.26. The molecular weight excluding hydrogens is 362 g/mol. The molecule has 0 fully saturated rings. The van der Waals surface area contributed by atoms with Gasteiger partial charge in [-0.05, 0) is 25.6 Å². The Bertz CT molecular complexity index is 629.